The van der Waals surface area contributed by atoms with Crippen LogP contribution in [0.5, 0.6) is 0 Å². The van der Waals surface area contributed by atoms with Gasteiger partial charge in [-0.25, -0.2) is 0 Å². The second kappa shape index (κ2) is 6.21. The first-order valence-electron chi connectivity index (χ1n) is 0.730. The summed E-state index contributed by atoms with van der Waals surface area (Å²) >= 11 is 0. The smallest absolute Gasteiger partial charge is 0.822 e. The number of hydrogen-bond donors (Lipinski definition) is 0. The molecular formula is CaO4PTi+. The Morgan fingerprint density at radius 2 is 1.14 bits per heavy atom. The molecule has 0 aromatic rings. The van der Waals surface area contributed by atoms with Gasteiger partial charge in [-0.3, -0.25) is 0 Å². The van der Waals surface area contributed by atoms with Gasteiger partial charge >= 0.3 is 59.5 Å². The molecule has 0 fully saturated rings. The van der Waals surface area contributed by atoms with E-state index in [1.54, 1.807) is 0 Å². The molecule has 0 unspecified atom stereocenters. The fourth-order valence-electron chi connectivity index (χ4n) is 0. The Morgan fingerprint density at radius 1 is 1.14 bits per heavy atom. The zero-order valence-electron chi connectivity index (χ0n) is 3.29. The van der Waals surface area contributed by atoms with Crippen LogP contribution in [0.4, 0.5) is 0 Å². The molecule has 0 aromatic carbocycles. The van der Waals surface area contributed by atoms with E-state index in [1.807, 2.05) is 0 Å². The molecule has 7 heavy (non-hydrogen) atoms. The van der Waals surface area contributed by atoms with Gasteiger partial charge in [0, 0.05) is 0 Å². The second-order valence-corrected chi connectivity index (χ2v) is 1.34. The van der Waals surface area contributed by atoms with Crippen molar-refractivity contribution < 1.29 is 41.0 Å². The van der Waals surface area contributed by atoms with Crippen LogP contribution >= 0.6 is 7.82 Å². The maximum absolute atomic E-state index is 8.55. The van der Waals surface area contributed by atoms with Crippen molar-refractivity contribution in [2.24, 2.45) is 0 Å². The van der Waals surface area contributed by atoms with E-state index in [0.29, 0.717) is 0 Å². The molecule has 0 atom stereocenters. The van der Waals surface area contributed by atoms with E-state index in [0.717, 1.165) is 0 Å². The van der Waals surface area contributed by atoms with Crippen molar-refractivity contribution in [3.8, 4) is 0 Å². The van der Waals surface area contributed by atoms with Gasteiger partial charge in [-0.2, -0.15) is 7.82 Å². The van der Waals surface area contributed by atoms with Gasteiger partial charge in [-0.05, 0) is 0 Å². The Hall–Kier alpha value is 2.08. The summed E-state index contributed by atoms with van der Waals surface area (Å²) in [5.74, 6) is 0. The van der Waals surface area contributed by atoms with Gasteiger partial charge in [-0.1, -0.05) is 0 Å². The van der Waals surface area contributed by atoms with Crippen molar-refractivity contribution >= 4 is 45.6 Å². The summed E-state index contributed by atoms with van der Waals surface area (Å²) in [6.45, 7) is 0. The van der Waals surface area contributed by atoms with Crippen LogP contribution in [0.3, 0.4) is 0 Å². The van der Waals surface area contributed by atoms with E-state index >= 15 is 0 Å². The molecule has 0 saturated carbocycles. The summed E-state index contributed by atoms with van der Waals surface area (Å²) < 4.78 is 8.55. The third kappa shape index (κ3) is 68.9. The minimum Gasteiger partial charge on any atom is -0.822 e. The van der Waals surface area contributed by atoms with Crippen molar-refractivity contribution in [3.05, 3.63) is 0 Å². The monoisotopic (exact) mass is 183 g/mol. The largest absolute Gasteiger partial charge is 2.00 e. The molecule has 0 bridgehead atoms. The Bertz CT molecular complexity index is 57.8. The molecule has 0 aliphatic rings. The standard InChI is InChI=1S/Ca.H3O4P.Ti/c;1-5(2,3)4;/h;(H3,1,2,3,4);/q+2;;+2/p-3. The van der Waals surface area contributed by atoms with Crippen molar-refractivity contribution in [2.45, 2.75) is 0 Å². The van der Waals surface area contributed by atoms with E-state index in [9.17, 15) is 0 Å². The molecule has 0 aliphatic heterocycles. The fourth-order valence-corrected chi connectivity index (χ4v) is 0. The molecule has 0 spiro atoms. The molecule has 4 nitrogen and oxygen atoms in total. The van der Waals surface area contributed by atoms with Crippen molar-refractivity contribution in [1.29, 1.82) is 0 Å². The predicted octanol–water partition coefficient (Wildman–Crippen LogP) is -3.21. The van der Waals surface area contributed by atoms with E-state index < -0.39 is 7.82 Å². The maximum Gasteiger partial charge on any atom is 2.00 e. The predicted molar refractivity (Wildman–Crippen MR) is 13.4 cm³/mol. The zero-order chi connectivity index (χ0) is 4.50. The molecule has 0 aromatic heterocycles. The Balaban J connectivity index is -0.0000000800. The summed E-state index contributed by atoms with van der Waals surface area (Å²) in [4.78, 5) is 25.6. The fraction of sp³-hybridized carbons (Fsp3) is 0. The molecule has 0 aliphatic carbocycles. The zero-order valence-corrected chi connectivity index (χ0v) is 7.95. The maximum atomic E-state index is 8.55. The molecule has 34 valence electrons. The first-order valence-corrected chi connectivity index (χ1v) is 2.19. The molecule has 0 rings (SSSR count). The third-order valence-electron chi connectivity index (χ3n) is 0. The minimum absolute atomic E-state index is 0. The third-order valence-corrected chi connectivity index (χ3v) is 0. The quantitative estimate of drug-likeness (QED) is 0.292. The summed E-state index contributed by atoms with van der Waals surface area (Å²) in [7, 11) is -5.39. The van der Waals surface area contributed by atoms with E-state index in [-0.39, 0.29) is 59.5 Å². The van der Waals surface area contributed by atoms with Crippen LogP contribution < -0.4 is 14.7 Å². The van der Waals surface area contributed by atoms with E-state index in [2.05, 4.69) is 0 Å². The van der Waals surface area contributed by atoms with E-state index in [4.69, 9.17) is 19.2 Å². The van der Waals surface area contributed by atoms with Crippen molar-refractivity contribution in [3.63, 3.8) is 0 Å². The molecule has 0 N–H and O–H groups in total. The summed E-state index contributed by atoms with van der Waals surface area (Å²) in [6, 6.07) is 0. The summed E-state index contributed by atoms with van der Waals surface area (Å²) in [6.07, 6.45) is 0. The van der Waals surface area contributed by atoms with Crippen LogP contribution in [0.15, 0.2) is 0 Å². The van der Waals surface area contributed by atoms with Crippen LogP contribution in [-0.2, 0) is 26.3 Å². The van der Waals surface area contributed by atoms with Gasteiger partial charge in [0.15, 0.2) is 0 Å². The topological polar surface area (TPSA) is 86.2 Å². The van der Waals surface area contributed by atoms with Crippen LogP contribution in [0.25, 0.3) is 0 Å². The molecule has 7 heteroatoms. The van der Waals surface area contributed by atoms with Crippen LogP contribution in [0.2, 0.25) is 0 Å². The van der Waals surface area contributed by atoms with Gasteiger partial charge in [0.25, 0.3) is 0 Å². The average Bonchev–Trinajstić information content (AvgIpc) is 0.722. The van der Waals surface area contributed by atoms with Gasteiger partial charge in [-0.15, -0.1) is 0 Å². The van der Waals surface area contributed by atoms with Gasteiger partial charge in [0.1, 0.15) is 0 Å². The molecule has 0 heterocycles. The Labute approximate surface area is 85.4 Å². The normalized spacial score (nSPS) is 8.43. The van der Waals surface area contributed by atoms with Crippen molar-refractivity contribution in [1.82, 2.24) is 0 Å². The van der Waals surface area contributed by atoms with Crippen LogP contribution in [-0.4, -0.2) is 37.7 Å². The Kier molecular flexibility index (Phi) is 14.2. The number of phosphoric acid groups is 1. The molecule has 0 radical (unpaired) electrons. The summed E-state index contributed by atoms with van der Waals surface area (Å²) in [5.41, 5.74) is 0. The van der Waals surface area contributed by atoms with Crippen molar-refractivity contribution in [2.75, 3.05) is 0 Å². The minimum atomic E-state index is -5.39. The van der Waals surface area contributed by atoms with Gasteiger partial charge in [0.05, 0.1) is 0 Å². The van der Waals surface area contributed by atoms with Crippen LogP contribution in [0.1, 0.15) is 0 Å². The molecule has 0 amide bonds. The number of rotatable bonds is 0. The van der Waals surface area contributed by atoms with Gasteiger partial charge in [0.2, 0.25) is 0 Å². The second-order valence-electron chi connectivity index (χ2n) is 0.447. The SMILES string of the molecule is O=P([O-])([O-])[O-].[Ca+2].[Ti+2]. The van der Waals surface area contributed by atoms with Crippen LogP contribution in [0, 0.1) is 0 Å². The first kappa shape index (κ1) is 16.0. The molecular weight excluding hydrogens is 183 g/mol. The number of hydrogen-bond acceptors (Lipinski definition) is 4. The summed E-state index contributed by atoms with van der Waals surface area (Å²) in [5, 5.41) is 0. The first-order chi connectivity index (χ1) is 2.00. The molecule has 0 saturated heterocycles. The van der Waals surface area contributed by atoms with E-state index in [1.165, 1.54) is 0 Å². The van der Waals surface area contributed by atoms with Gasteiger partial charge < -0.3 is 19.2 Å². The Morgan fingerprint density at radius 3 is 1.14 bits per heavy atom. The average molecular weight is 183 g/mol.